The molecule has 1 aromatic rings. The van der Waals surface area contributed by atoms with E-state index in [2.05, 4.69) is 37.8 Å². The van der Waals surface area contributed by atoms with Gasteiger partial charge in [0.25, 0.3) is 0 Å². The molecule has 1 fully saturated rings. The molecule has 0 atom stereocenters. The molecule has 2 rings (SSSR count). The monoisotopic (exact) mass is 314 g/mol. The van der Waals surface area contributed by atoms with Crippen molar-refractivity contribution in [2.24, 2.45) is 7.05 Å². The highest BCUT2D eigenvalue weighted by atomic mass is 79.9. The van der Waals surface area contributed by atoms with Crippen molar-refractivity contribution in [3.63, 3.8) is 0 Å². The number of piperazine rings is 1. The van der Waals surface area contributed by atoms with Crippen LogP contribution in [0.2, 0.25) is 0 Å². The van der Waals surface area contributed by atoms with E-state index in [1.165, 1.54) is 36.2 Å². The molecular weight excluding hydrogens is 292 g/mol. The Morgan fingerprint density at radius 2 is 1.78 bits per heavy atom. The molecule has 1 aliphatic rings. The molecule has 0 spiro atoms. The fourth-order valence-corrected chi connectivity index (χ4v) is 3.01. The Kier molecular flexibility index (Phi) is 4.81. The number of aromatic nitrogens is 2. The summed E-state index contributed by atoms with van der Waals surface area (Å²) in [6.07, 6.45) is 1.26. The summed E-state index contributed by atoms with van der Waals surface area (Å²) in [5.74, 6) is 0. The van der Waals surface area contributed by atoms with Crippen LogP contribution in [-0.2, 0) is 13.6 Å². The van der Waals surface area contributed by atoms with E-state index in [1.807, 2.05) is 18.7 Å². The van der Waals surface area contributed by atoms with Crippen molar-refractivity contribution in [3.8, 4) is 0 Å². The second-order valence-corrected chi connectivity index (χ2v) is 5.88. The average molecular weight is 315 g/mol. The van der Waals surface area contributed by atoms with E-state index in [4.69, 9.17) is 0 Å². The Labute approximate surface area is 118 Å². The molecule has 1 aliphatic heterocycles. The lowest BCUT2D eigenvalue weighted by atomic mass is 10.2. The normalized spacial score (nSPS) is 18.4. The van der Waals surface area contributed by atoms with Gasteiger partial charge in [0, 0.05) is 39.8 Å². The minimum atomic E-state index is 0.998. The van der Waals surface area contributed by atoms with Crippen LogP contribution in [0.15, 0.2) is 4.47 Å². The third kappa shape index (κ3) is 3.13. The van der Waals surface area contributed by atoms with E-state index in [9.17, 15) is 0 Å². The zero-order valence-corrected chi connectivity index (χ0v) is 13.2. The summed E-state index contributed by atoms with van der Waals surface area (Å²) in [5.41, 5.74) is 2.37. The first-order valence-corrected chi connectivity index (χ1v) is 7.53. The Morgan fingerprint density at radius 1 is 1.17 bits per heavy atom. The van der Waals surface area contributed by atoms with Gasteiger partial charge in [-0.25, -0.2) is 0 Å². The number of halogens is 1. The molecule has 0 aromatic carbocycles. The predicted octanol–water partition coefficient (Wildman–Crippen LogP) is 2.02. The van der Waals surface area contributed by atoms with Gasteiger partial charge in [0.1, 0.15) is 0 Å². The highest BCUT2D eigenvalue weighted by Crippen LogP contribution is 2.22. The fourth-order valence-electron chi connectivity index (χ4n) is 2.55. The fraction of sp³-hybridized carbons (Fsp3) is 0.769. The lowest BCUT2D eigenvalue weighted by Gasteiger charge is -2.34. The van der Waals surface area contributed by atoms with Gasteiger partial charge in [0.15, 0.2) is 0 Å². The van der Waals surface area contributed by atoms with Crippen LogP contribution in [0.5, 0.6) is 0 Å². The van der Waals surface area contributed by atoms with Crippen LogP contribution in [0, 0.1) is 6.92 Å². The molecule has 5 heteroatoms. The first-order chi connectivity index (χ1) is 8.61. The number of aryl methyl sites for hydroxylation is 2. The smallest absolute Gasteiger partial charge is 0.0739 e. The summed E-state index contributed by atoms with van der Waals surface area (Å²) in [6, 6.07) is 0. The minimum Gasteiger partial charge on any atom is -0.301 e. The van der Waals surface area contributed by atoms with E-state index in [0.717, 1.165) is 25.3 Å². The van der Waals surface area contributed by atoms with Gasteiger partial charge < -0.3 is 4.90 Å². The summed E-state index contributed by atoms with van der Waals surface area (Å²) in [6.45, 7) is 11.3. The third-order valence-corrected chi connectivity index (χ3v) is 4.67. The zero-order valence-electron chi connectivity index (χ0n) is 11.6. The van der Waals surface area contributed by atoms with Crippen LogP contribution >= 0.6 is 15.9 Å². The van der Waals surface area contributed by atoms with Gasteiger partial charge >= 0.3 is 0 Å². The molecule has 0 unspecified atom stereocenters. The first kappa shape index (κ1) is 14.0. The van der Waals surface area contributed by atoms with Crippen molar-refractivity contribution in [3.05, 3.63) is 15.9 Å². The molecule has 0 aliphatic carbocycles. The van der Waals surface area contributed by atoms with Crippen LogP contribution in [0.4, 0.5) is 0 Å². The molecular formula is C13H23BrN4. The summed E-state index contributed by atoms with van der Waals surface area (Å²) in [4.78, 5) is 5.08. The van der Waals surface area contributed by atoms with E-state index < -0.39 is 0 Å². The highest BCUT2D eigenvalue weighted by molar-refractivity contribution is 9.10. The standard InChI is InChI=1S/C13H23BrN4/c1-4-5-17-6-8-18(9-7-17)10-12-13(14)11(2)15-16(12)3/h4-10H2,1-3H3. The zero-order chi connectivity index (χ0) is 13.1. The van der Waals surface area contributed by atoms with E-state index in [0.29, 0.717) is 0 Å². The molecule has 102 valence electrons. The molecule has 1 saturated heterocycles. The lowest BCUT2D eigenvalue weighted by molar-refractivity contribution is 0.125. The van der Waals surface area contributed by atoms with E-state index in [1.54, 1.807) is 0 Å². The molecule has 4 nitrogen and oxygen atoms in total. The average Bonchev–Trinajstić information content (AvgIpc) is 2.59. The Morgan fingerprint density at radius 3 is 2.28 bits per heavy atom. The number of hydrogen-bond acceptors (Lipinski definition) is 3. The van der Waals surface area contributed by atoms with Gasteiger partial charge in [-0.1, -0.05) is 6.92 Å². The molecule has 1 aromatic heterocycles. The number of hydrogen-bond donors (Lipinski definition) is 0. The quantitative estimate of drug-likeness (QED) is 0.850. The SMILES string of the molecule is CCCN1CCN(Cc2c(Br)c(C)nn2C)CC1. The lowest BCUT2D eigenvalue weighted by Crippen LogP contribution is -2.46. The largest absolute Gasteiger partial charge is 0.301 e. The van der Waals surface area contributed by atoms with Crippen molar-refractivity contribution in [1.82, 2.24) is 19.6 Å². The maximum atomic E-state index is 4.45. The highest BCUT2D eigenvalue weighted by Gasteiger charge is 2.19. The molecule has 0 N–H and O–H groups in total. The summed E-state index contributed by atoms with van der Waals surface area (Å²) in [7, 11) is 2.03. The Bertz CT molecular complexity index is 394. The van der Waals surface area contributed by atoms with E-state index >= 15 is 0 Å². The van der Waals surface area contributed by atoms with Crippen molar-refractivity contribution < 1.29 is 0 Å². The molecule has 0 bridgehead atoms. The number of nitrogens with zero attached hydrogens (tertiary/aromatic N) is 4. The van der Waals surface area contributed by atoms with Crippen LogP contribution in [0.3, 0.4) is 0 Å². The van der Waals surface area contributed by atoms with Gasteiger partial charge in [0.2, 0.25) is 0 Å². The van der Waals surface area contributed by atoms with Crippen molar-refractivity contribution in [2.75, 3.05) is 32.7 Å². The molecule has 18 heavy (non-hydrogen) atoms. The van der Waals surface area contributed by atoms with Gasteiger partial charge in [-0.05, 0) is 35.8 Å². The Balaban J connectivity index is 1.91. The minimum absolute atomic E-state index is 0.998. The molecule has 0 saturated carbocycles. The predicted molar refractivity (Wildman–Crippen MR) is 77.7 cm³/mol. The van der Waals surface area contributed by atoms with Gasteiger partial charge in [-0.3, -0.25) is 9.58 Å². The summed E-state index contributed by atoms with van der Waals surface area (Å²) in [5, 5.41) is 4.45. The van der Waals surface area contributed by atoms with Crippen LogP contribution in [-0.4, -0.2) is 52.3 Å². The first-order valence-electron chi connectivity index (χ1n) is 6.74. The maximum absolute atomic E-state index is 4.45. The van der Waals surface area contributed by atoms with E-state index in [-0.39, 0.29) is 0 Å². The molecule has 0 radical (unpaired) electrons. The maximum Gasteiger partial charge on any atom is 0.0739 e. The van der Waals surface area contributed by atoms with Crippen molar-refractivity contribution in [2.45, 2.75) is 26.8 Å². The second-order valence-electron chi connectivity index (χ2n) is 5.09. The van der Waals surface area contributed by atoms with Gasteiger partial charge in [-0.2, -0.15) is 5.10 Å². The van der Waals surface area contributed by atoms with Crippen molar-refractivity contribution >= 4 is 15.9 Å². The number of rotatable bonds is 4. The summed E-state index contributed by atoms with van der Waals surface area (Å²) < 4.78 is 3.17. The van der Waals surface area contributed by atoms with Crippen LogP contribution in [0.25, 0.3) is 0 Å². The molecule has 2 heterocycles. The van der Waals surface area contributed by atoms with Gasteiger partial charge in [0.05, 0.1) is 15.9 Å². The topological polar surface area (TPSA) is 24.3 Å². The van der Waals surface area contributed by atoms with Gasteiger partial charge in [-0.15, -0.1) is 0 Å². The Hall–Kier alpha value is -0.390. The second kappa shape index (κ2) is 6.17. The third-order valence-electron chi connectivity index (χ3n) is 3.64. The molecule has 0 amide bonds. The van der Waals surface area contributed by atoms with Crippen LogP contribution in [0.1, 0.15) is 24.7 Å². The summed E-state index contributed by atoms with van der Waals surface area (Å²) >= 11 is 3.64. The van der Waals surface area contributed by atoms with Crippen molar-refractivity contribution in [1.29, 1.82) is 0 Å². The van der Waals surface area contributed by atoms with Crippen LogP contribution < -0.4 is 0 Å².